The van der Waals surface area contributed by atoms with Crippen molar-refractivity contribution in [1.29, 1.82) is 0 Å². The van der Waals surface area contributed by atoms with E-state index in [4.69, 9.17) is 9.84 Å². The number of rotatable bonds is 8. The molecule has 0 fully saturated rings. The summed E-state index contributed by atoms with van der Waals surface area (Å²) in [5.41, 5.74) is 5.87. The van der Waals surface area contributed by atoms with Crippen molar-refractivity contribution < 1.29 is 24.2 Å². The zero-order valence-corrected chi connectivity index (χ0v) is 18.8. The Kier molecular flexibility index (Phi) is 6.92. The molecule has 0 saturated heterocycles. The number of carboxylic acid groups (broad SMARTS) is 1. The zero-order chi connectivity index (χ0) is 24.1. The van der Waals surface area contributed by atoms with Crippen LogP contribution >= 0.6 is 0 Å². The van der Waals surface area contributed by atoms with Crippen LogP contribution in [0.5, 0.6) is 0 Å². The normalized spacial score (nSPS) is 12.9. The third-order valence-corrected chi connectivity index (χ3v) is 5.95. The van der Waals surface area contributed by atoms with Crippen molar-refractivity contribution in [3.05, 3.63) is 89.5 Å². The molecule has 0 saturated carbocycles. The van der Waals surface area contributed by atoms with Gasteiger partial charge in [0, 0.05) is 11.6 Å². The molecule has 0 aromatic heterocycles. The molecule has 0 aliphatic heterocycles. The summed E-state index contributed by atoms with van der Waals surface area (Å²) in [6.45, 7) is 1.92. The van der Waals surface area contributed by atoms with Crippen molar-refractivity contribution in [2.75, 3.05) is 11.9 Å². The minimum Gasteiger partial charge on any atom is -0.480 e. The van der Waals surface area contributed by atoms with Crippen LogP contribution in [-0.2, 0) is 20.7 Å². The molecule has 1 atom stereocenters. The summed E-state index contributed by atoms with van der Waals surface area (Å²) in [4.78, 5) is 35.5. The monoisotopic (exact) mass is 458 g/mol. The fourth-order valence-corrected chi connectivity index (χ4v) is 4.23. The largest absolute Gasteiger partial charge is 0.480 e. The van der Waals surface area contributed by atoms with E-state index in [0.29, 0.717) is 17.7 Å². The number of anilines is 1. The standard InChI is InChI=1S/C27H26N2O5/c1-2-24(26(31)32)29-25(30)15-17-11-13-18(14-12-17)28-27(33)34-16-23-21-9-5-3-7-19(21)20-8-4-6-10-22(20)23/h3-14,23-24H,2,15-16H2,1H3,(H,28,33)(H,29,30)(H,31,32). The molecule has 3 N–H and O–H groups in total. The van der Waals surface area contributed by atoms with Gasteiger partial charge in [0.25, 0.3) is 0 Å². The zero-order valence-electron chi connectivity index (χ0n) is 18.8. The van der Waals surface area contributed by atoms with Gasteiger partial charge in [0.15, 0.2) is 0 Å². The fourth-order valence-electron chi connectivity index (χ4n) is 4.23. The number of carbonyl (C=O) groups is 3. The van der Waals surface area contributed by atoms with Crippen molar-refractivity contribution in [3.8, 4) is 11.1 Å². The molecule has 34 heavy (non-hydrogen) atoms. The summed E-state index contributed by atoms with van der Waals surface area (Å²) < 4.78 is 5.55. The van der Waals surface area contributed by atoms with Crippen LogP contribution in [0.2, 0.25) is 0 Å². The van der Waals surface area contributed by atoms with E-state index in [1.807, 2.05) is 24.3 Å². The lowest BCUT2D eigenvalue weighted by Gasteiger charge is -2.15. The van der Waals surface area contributed by atoms with E-state index in [-0.39, 0.29) is 24.9 Å². The number of ether oxygens (including phenoxy) is 1. The van der Waals surface area contributed by atoms with Crippen LogP contribution in [0.4, 0.5) is 10.5 Å². The molecule has 7 heteroatoms. The van der Waals surface area contributed by atoms with Gasteiger partial charge in [0.2, 0.25) is 5.91 Å². The van der Waals surface area contributed by atoms with Crippen LogP contribution in [0.25, 0.3) is 11.1 Å². The molecule has 3 aromatic carbocycles. The van der Waals surface area contributed by atoms with E-state index in [1.54, 1.807) is 31.2 Å². The van der Waals surface area contributed by atoms with E-state index in [0.717, 1.165) is 11.1 Å². The fraction of sp³-hybridized carbons (Fsp3) is 0.222. The van der Waals surface area contributed by atoms with Gasteiger partial charge in [-0.15, -0.1) is 0 Å². The van der Waals surface area contributed by atoms with E-state index in [9.17, 15) is 14.4 Å². The minimum absolute atomic E-state index is 0.0169. The number of nitrogens with one attached hydrogen (secondary N) is 2. The summed E-state index contributed by atoms with van der Waals surface area (Å²) in [5.74, 6) is -1.44. The van der Waals surface area contributed by atoms with Crippen molar-refractivity contribution >= 4 is 23.7 Å². The number of amides is 2. The highest BCUT2D eigenvalue weighted by Gasteiger charge is 2.29. The average Bonchev–Trinajstić information content (AvgIpc) is 3.16. The van der Waals surface area contributed by atoms with Crippen LogP contribution in [0, 0.1) is 0 Å². The van der Waals surface area contributed by atoms with Gasteiger partial charge in [0.05, 0.1) is 6.42 Å². The predicted molar refractivity (Wildman–Crippen MR) is 129 cm³/mol. The molecule has 1 unspecified atom stereocenters. The molecule has 0 bridgehead atoms. The summed E-state index contributed by atoms with van der Waals surface area (Å²) in [6.07, 6.45) is -0.196. The molecular formula is C27H26N2O5. The van der Waals surface area contributed by atoms with Crippen LogP contribution in [-0.4, -0.2) is 35.7 Å². The van der Waals surface area contributed by atoms with Crippen molar-refractivity contribution in [3.63, 3.8) is 0 Å². The van der Waals surface area contributed by atoms with E-state index < -0.39 is 18.1 Å². The Morgan fingerprint density at radius 3 is 2.06 bits per heavy atom. The average molecular weight is 459 g/mol. The van der Waals surface area contributed by atoms with E-state index >= 15 is 0 Å². The number of fused-ring (bicyclic) bond motifs is 3. The molecule has 7 nitrogen and oxygen atoms in total. The Morgan fingerprint density at radius 2 is 1.50 bits per heavy atom. The van der Waals surface area contributed by atoms with E-state index in [1.165, 1.54) is 11.1 Å². The minimum atomic E-state index is -1.06. The smallest absolute Gasteiger partial charge is 0.411 e. The third kappa shape index (κ3) is 5.09. The van der Waals surface area contributed by atoms with Gasteiger partial charge in [-0.3, -0.25) is 10.1 Å². The van der Waals surface area contributed by atoms with Gasteiger partial charge in [-0.05, 0) is 46.4 Å². The Morgan fingerprint density at radius 1 is 0.912 bits per heavy atom. The summed E-state index contributed by atoms with van der Waals surface area (Å²) in [7, 11) is 0. The molecule has 174 valence electrons. The number of carboxylic acids is 1. The molecule has 4 rings (SSSR count). The van der Waals surface area contributed by atoms with Crippen molar-refractivity contribution in [1.82, 2.24) is 5.32 Å². The molecular weight excluding hydrogens is 432 g/mol. The summed E-state index contributed by atoms with van der Waals surface area (Å²) >= 11 is 0. The van der Waals surface area contributed by atoms with Gasteiger partial charge < -0.3 is 15.2 Å². The first-order chi connectivity index (χ1) is 16.5. The van der Waals surface area contributed by atoms with Gasteiger partial charge in [-0.2, -0.15) is 0 Å². The number of aliphatic carboxylic acids is 1. The first-order valence-electron chi connectivity index (χ1n) is 11.2. The highest BCUT2D eigenvalue weighted by Crippen LogP contribution is 2.44. The van der Waals surface area contributed by atoms with Crippen LogP contribution < -0.4 is 10.6 Å². The first kappa shape index (κ1) is 23.0. The highest BCUT2D eigenvalue weighted by molar-refractivity contribution is 5.86. The Bertz CT molecular complexity index is 1160. The van der Waals surface area contributed by atoms with Gasteiger partial charge in [-0.1, -0.05) is 67.6 Å². The summed E-state index contributed by atoms with van der Waals surface area (Å²) in [6, 6.07) is 22.2. The molecule has 2 amide bonds. The Labute approximate surface area is 197 Å². The quantitative estimate of drug-likeness (QED) is 0.459. The Hall–Kier alpha value is -4.13. The van der Waals surface area contributed by atoms with Gasteiger partial charge in [-0.25, -0.2) is 9.59 Å². The lowest BCUT2D eigenvalue weighted by Crippen LogP contribution is -2.40. The van der Waals surface area contributed by atoms with E-state index in [2.05, 4.69) is 34.9 Å². The molecule has 1 aliphatic rings. The number of hydrogen-bond acceptors (Lipinski definition) is 4. The molecule has 0 radical (unpaired) electrons. The van der Waals surface area contributed by atoms with Gasteiger partial charge >= 0.3 is 12.1 Å². The van der Waals surface area contributed by atoms with Crippen LogP contribution in [0.3, 0.4) is 0 Å². The van der Waals surface area contributed by atoms with Crippen molar-refractivity contribution in [2.45, 2.75) is 31.7 Å². The second-order valence-corrected chi connectivity index (χ2v) is 8.19. The number of carbonyl (C=O) groups excluding carboxylic acids is 2. The molecule has 1 aliphatic carbocycles. The maximum absolute atomic E-state index is 12.4. The lowest BCUT2D eigenvalue weighted by atomic mass is 9.98. The summed E-state index contributed by atoms with van der Waals surface area (Å²) in [5, 5.41) is 14.3. The SMILES string of the molecule is CCC(NC(=O)Cc1ccc(NC(=O)OCC2c3ccccc3-c3ccccc32)cc1)C(=O)O. The Balaban J connectivity index is 1.32. The van der Waals surface area contributed by atoms with Gasteiger partial charge in [0.1, 0.15) is 12.6 Å². The molecule has 0 spiro atoms. The maximum Gasteiger partial charge on any atom is 0.411 e. The molecule has 0 heterocycles. The molecule has 3 aromatic rings. The predicted octanol–water partition coefficient (Wildman–Crippen LogP) is 4.57. The highest BCUT2D eigenvalue weighted by atomic mass is 16.5. The van der Waals surface area contributed by atoms with Crippen molar-refractivity contribution in [2.24, 2.45) is 0 Å². The number of hydrogen-bond donors (Lipinski definition) is 3. The topological polar surface area (TPSA) is 105 Å². The maximum atomic E-state index is 12.4. The lowest BCUT2D eigenvalue weighted by molar-refractivity contribution is -0.141. The van der Waals surface area contributed by atoms with Crippen LogP contribution in [0.15, 0.2) is 72.8 Å². The third-order valence-electron chi connectivity index (χ3n) is 5.95. The number of benzene rings is 3. The second kappa shape index (κ2) is 10.2. The van der Waals surface area contributed by atoms with Crippen LogP contribution in [0.1, 0.15) is 36.0 Å². The first-order valence-corrected chi connectivity index (χ1v) is 11.2. The second-order valence-electron chi connectivity index (χ2n) is 8.19.